The minimum atomic E-state index is 0.535. The van der Waals surface area contributed by atoms with Gasteiger partial charge in [-0.1, -0.05) is 11.6 Å². The third-order valence-electron chi connectivity index (χ3n) is 1.59. The number of halogens is 1. The van der Waals surface area contributed by atoms with Gasteiger partial charge < -0.3 is 4.90 Å². The van der Waals surface area contributed by atoms with Crippen LogP contribution in [0.25, 0.3) is 0 Å². The monoisotopic (exact) mass is 196 g/mol. The van der Waals surface area contributed by atoms with E-state index in [1.54, 1.807) is 18.2 Å². The highest BCUT2D eigenvalue weighted by Gasteiger charge is 2.03. The van der Waals surface area contributed by atoms with Crippen LogP contribution in [0.2, 0.25) is 5.02 Å². The van der Waals surface area contributed by atoms with Crippen LogP contribution in [0.1, 0.15) is 0 Å². The summed E-state index contributed by atoms with van der Waals surface area (Å²) >= 11 is 5.75. The van der Waals surface area contributed by atoms with Gasteiger partial charge in [-0.05, 0) is 18.2 Å². The van der Waals surface area contributed by atoms with Crippen molar-refractivity contribution < 1.29 is 4.79 Å². The van der Waals surface area contributed by atoms with Crippen LogP contribution in [0, 0.1) is 0 Å². The topological polar surface area (TPSA) is 32.7 Å². The third-order valence-corrected chi connectivity index (χ3v) is 1.82. The van der Waals surface area contributed by atoms with Crippen molar-refractivity contribution in [3.05, 3.63) is 23.2 Å². The normalized spacial score (nSPS) is 9.15. The fourth-order valence-corrected chi connectivity index (χ4v) is 1.18. The second kappa shape index (κ2) is 4.08. The zero-order valence-electron chi connectivity index (χ0n) is 7.41. The summed E-state index contributed by atoms with van der Waals surface area (Å²) < 4.78 is 0. The summed E-state index contributed by atoms with van der Waals surface area (Å²) in [5.74, 6) is 0. The Balaban J connectivity index is 3.26. The number of nitrogens with zero attached hydrogens (tertiary/aromatic N) is 2. The van der Waals surface area contributed by atoms with Crippen LogP contribution in [0.15, 0.2) is 23.2 Å². The number of benzene rings is 1. The highest BCUT2D eigenvalue weighted by molar-refractivity contribution is 6.31. The Morgan fingerprint density at radius 3 is 2.69 bits per heavy atom. The van der Waals surface area contributed by atoms with Gasteiger partial charge in [0.25, 0.3) is 0 Å². The molecule has 1 aromatic rings. The van der Waals surface area contributed by atoms with Gasteiger partial charge in [-0.25, -0.2) is 4.79 Å². The first-order valence-corrected chi connectivity index (χ1v) is 4.07. The largest absolute Gasteiger partial charge is 0.376 e. The molecule has 0 atom stereocenters. The Morgan fingerprint density at radius 2 is 2.15 bits per heavy atom. The fraction of sp³-hybridized carbons (Fsp3) is 0.222. The van der Waals surface area contributed by atoms with Crippen molar-refractivity contribution >= 4 is 29.1 Å². The number of isocyanates is 1. The van der Waals surface area contributed by atoms with Gasteiger partial charge in [0.2, 0.25) is 6.08 Å². The zero-order valence-corrected chi connectivity index (χ0v) is 8.17. The maximum absolute atomic E-state index is 10.1. The standard InChI is InChI=1S/C9H9ClN2O/c1-12(2)9-4-3-7(10)5-8(9)11-6-13/h3-5H,1-2H3. The van der Waals surface area contributed by atoms with E-state index in [1.165, 1.54) is 6.08 Å². The second-order valence-electron chi connectivity index (χ2n) is 2.73. The molecule has 13 heavy (non-hydrogen) atoms. The molecule has 1 rings (SSSR count). The molecule has 0 fully saturated rings. The lowest BCUT2D eigenvalue weighted by Gasteiger charge is -2.14. The number of rotatable bonds is 2. The molecular formula is C9H9ClN2O. The fourth-order valence-electron chi connectivity index (χ4n) is 1.01. The Hall–Kier alpha value is -1.31. The Bertz CT molecular complexity index is 357. The van der Waals surface area contributed by atoms with Gasteiger partial charge in [-0.3, -0.25) is 0 Å². The second-order valence-corrected chi connectivity index (χ2v) is 3.17. The smallest absolute Gasteiger partial charge is 0.240 e. The molecule has 0 aliphatic heterocycles. The first-order chi connectivity index (χ1) is 6.15. The molecular weight excluding hydrogens is 188 g/mol. The third kappa shape index (κ3) is 2.31. The van der Waals surface area contributed by atoms with Crippen molar-refractivity contribution in [1.82, 2.24) is 0 Å². The number of hydrogen-bond acceptors (Lipinski definition) is 3. The van der Waals surface area contributed by atoms with E-state index >= 15 is 0 Å². The van der Waals surface area contributed by atoms with E-state index in [4.69, 9.17) is 11.6 Å². The minimum Gasteiger partial charge on any atom is -0.376 e. The van der Waals surface area contributed by atoms with Gasteiger partial charge >= 0.3 is 0 Å². The molecule has 0 N–H and O–H groups in total. The van der Waals surface area contributed by atoms with Crippen LogP contribution in [0.5, 0.6) is 0 Å². The van der Waals surface area contributed by atoms with E-state index in [-0.39, 0.29) is 0 Å². The average Bonchev–Trinajstić information content (AvgIpc) is 2.04. The van der Waals surface area contributed by atoms with E-state index in [1.807, 2.05) is 19.0 Å². The van der Waals surface area contributed by atoms with Crippen LogP contribution in [-0.4, -0.2) is 20.2 Å². The molecule has 0 heterocycles. The molecule has 1 aromatic carbocycles. The molecule has 0 aliphatic carbocycles. The summed E-state index contributed by atoms with van der Waals surface area (Å²) in [4.78, 5) is 15.5. The van der Waals surface area contributed by atoms with Crippen molar-refractivity contribution in [1.29, 1.82) is 0 Å². The molecule has 4 heteroatoms. The van der Waals surface area contributed by atoms with Crippen LogP contribution >= 0.6 is 11.6 Å². The van der Waals surface area contributed by atoms with Crippen LogP contribution < -0.4 is 4.90 Å². The molecule has 68 valence electrons. The summed E-state index contributed by atoms with van der Waals surface area (Å²) in [6.07, 6.45) is 1.50. The first kappa shape index (κ1) is 9.78. The van der Waals surface area contributed by atoms with Crippen LogP contribution in [0.3, 0.4) is 0 Å². The van der Waals surface area contributed by atoms with Crippen LogP contribution in [-0.2, 0) is 4.79 Å². The SMILES string of the molecule is CN(C)c1ccc(Cl)cc1N=C=O. The molecule has 0 amide bonds. The van der Waals surface area contributed by atoms with Crippen molar-refractivity contribution in [2.45, 2.75) is 0 Å². The summed E-state index contributed by atoms with van der Waals surface area (Å²) in [6, 6.07) is 5.18. The summed E-state index contributed by atoms with van der Waals surface area (Å²) in [5, 5.41) is 0.555. The van der Waals surface area contributed by atoms with Gasteiger partial charge in [0.15, 0.2) is 0 Å². The summed E-state index contributed by atoms with van der Waals surface area (Å²) in [6.45, 7) is 0. The van der Waals surface area contributed by atoms with E-state index in [0.717, 1.165) is 5.69 Å². The van der Waals surface area contributed by atoms with Gasteiger partial charge in [0.1, 0.15) is 5.69 Å². The lowest BCUT2D eigenvalue weighted by Crippen LogP contribution is -2.08. The molecule has 0 aromatic heterocycles. The quantitative estimate of drug-likeness (QED) is 0.538. The summed E-state index contributed by atoms with van der Waals surface area (Å²) in [7, 11) is 3.74. The van der Waals surface area contributed by atoms with E-state index < -0.39 is 0 Å². The average molecular weight is 197 g/mol. The Morgan fingerprint density at radius 1 is 1.46 bits per heavy atom. The molecule has 0 spiro atoms. The van der Waals surface area contributed by atoms with Gasteiger partial charge in [-0.15, -0.1) is 0 Å². The van der Waals surface area contributed by atoms with E-state index in [2.05, 4.69) is 4.99 Å². The lowest BCUT2D eigenvalue weighted by molar-refractivity contribution is 0.565. The first-order valence-electron chi connectivity index (χ1n) is 3.70. The van der Waals surface area contributed by atoms with Gasteiger partial charge in [-0.2, -0.15) is 4.99 Å². The number of anilines is 1. The molecule has 0 unspecified atom stereocenters. The number of aliphatic imine (C=N–C) groups is 1. The van der Waals surface area contributed by atoms with Crippen LogP contribution in [0.4, 0.5) is 11.4 Å². The van der Waals surface area contributed by atoms with Crippen molar-refractivity contribution in [3.63, 3.8) is 0 Å². The molecule has 0 saturated heterocycles. The Labute approximate surface area is 81.6 Å². The molecule has 3 nitrogen and oxygen atoms in total. The zero-order chi connectivity index (χ0) is 9.84. The van der Waals surface area contributed by atoms with Gasteiger partial charge in [0, 0.05) is 19.1 Å². The maximum atomic E-state index is 10.1. The minimum absolute atomic E-state index is 0.535. The van der Waals surface area contributed by atoms with E-state index in [9.17, 15) is 4.79 Å². The highest BCUT2D eigenvalue weighted by Crippen LogP contribution is 2.29. The van der Waals surface area contributed by atoms with Crippen molar-refractivity contribution in [2.75, 3.05) is 19.0 Å². The molecule has 0 radical (unpaired) electrons. The lowest BCUT2D eigenvalue weighted by atomic mass is 10.2. The number of carbonyl (C=O) groups excluding carboxylic acids is 1. The molecule has 0 bridgehead atoms. The predicted molar refractivity (Wildman–Crippen MR) is 53.6 cm³/mol. The van der Waals surface area contributed by atoms with Crippen molar-refractivity contribution in [3.8, 4) is 0 Å². The Kier molecular flexibility index (Phi) is 3.07. The highest BCUT2D eigenvalue weighted by atomic mass is 35.5. The van der Waals surface area contributed by atoms with Crippen molar-refractivity contribution in [2.24, 2.45) is 4.99 Å². The van der Waals surface area contributed by atoms with E-state index in [0.29, 0.717) is 10.7 Å². The summed E-state index contributed by atoms with van der Waals surface area (Å²) in [5.41, 5.74) is 1.38. The molecule has 0 aliphatic rings. The number of hydrogen-bond donors (Lipinski definition) is 0. The predicted octanol–water partition coefficient (Wildman–Crippen LogP) is 2.37. The van der Waals surface area contributed by atoms with Gasteiger partial charge in [0.05, 0.1) is 5.69 Å². The molecule has 0 saturated carbocycles. The maximum Gasteiger partial charge on any atom is 0.240 e.